The second-order valence-corrected chi connectivity index (χ2v) is 11.1. The number of carbonyl (C=O) groups excluding carboxylic acids is 2. The molecule has 0 aromatic heterocycles. The molecular formula is C24H20N4O7S2. The zero-order chi connectivity index (χ0) is 27.3. The average molecular weight is 541 g/mol. The van der Waals surface area contributed by atoms with Gasteiger partial charge in [0.15, 0.2) is 0 Å². The second-order valence-electron chi connectivity index (χ2n) is 8.12. The van der Waals surface area contributed by atoms with Crippen molar-refractivity contribution in [2.75, 3.05) is 0 Å². The fourth-order valence-corrected chi connectivity index (χ4v) is 6.27. The molecule has 0 saturated heterocycles. The second kappa shape index (κ2) is 8.97. The summed E-state index contributed by atoms with van der Waals surface area (Å²) in [5, 5.41) is 21.4. The normalized spacial score (nSPS) is 11.9. The number of amides is 2. The highest BCUT2D eigenvalue weighted by molar-refractivity contribution is 7.90. The van der Waals surface area contributed by atoms with E-state index in [4.69, 9.17) is 21.7 Å². The number of hydrogen-bond acceptors (Lipinski definition) is 7. The number of phenols is 1. The van der Waals surface area contributed by atoms with Crippen molar-refractivity contribution in [2.45, 2.75) is 9.79 Å². The third-order valence-corrected chi connectivity index (χ3v) is 7.61. The van der Waals surface area contributed by atoms with Gasteiger partial charge in [-0.25, -0.2) is 27.1 Å². The highest BCUT2D eigenvalue weighted by Crippen LogP contribution is 2.46. The zero-order valence-corrected chi connectivity index (χ0v) is 20.5. The number of aromatic hydroxyl groups is 1. The lowest BCUT2D eigenvalue weighted by atomic mass is 9.91. The maximum absolute atomic E-state index is 13.2. The summed E-state index contributed by atoms with van der Waals surface area (Å²) in [7, 11) is -9.41. The van der Waals surface area contributed by atoms with Gasteiger partial charge >= 0.3 is 0 Å². The molecule has 0 aliphatic rings. The Balaban J connectivity index is 2.39. The van der Waals surface area contributed by atoms with Crippen molar-refractivity contribution in [3.8, 4) is 28.0 Å². The molecule has 4 aromatic rings. The van der Waals surface area contributed by atoms with E-state index in [1.54, 1.807) is 0 Å². The summed E-state index contributed by atoms with van der Waals surface area (Å²) < 4.78 is 52.2. The van der Waals surface area contributed by atoms with Gasteiger partial charge in [0.1, 0.15) is 5.75 Å². The lowest BCUT2D eigenvalue weighted by Crippen LogP contribution is -2.20. The SMILES string of the molecule is NC(=O)c1cccc(-c2c(S(N)(=O)=O)c(-c3cccc(C(N)=O)c3)c3ccc(O)cc3c2S(N)(=O)=O)c1. The Hall–Kier alpha value is -4.30. The predicted octanol–water partition coefficient (Wildman–Crippen LogP) is 1.37. The Kier molecular flexibility index (Phi) is 6.25. The first-order chi connectivity index (χ1) is 17.2. The van der Waals surface area contributed by atoms with Crippen LogP contribution in [0.5, 0.6) is 5.75 Å². The fraction of sp³-hybridized carbons (Fsp3) is 0. The van der Waals surface area contributed by atoms with Gasteiger partial charge in [-0.1, -0.05) is 24.3 Å². The van der Waals surface area contributed by atoms with Crippen molar-refractivity contribution in [1.29, 1.82) is 0 Å². The van der Waals surface area contributed by atoms with E-state index >= 15 is 0 Å². The fourth-order valence-electron chi connectivity index (χ4n) is 4.21. The Bertz CT molecular complexity index is 1850. The third-order valence-electron chi connectivity index (χ3n) is 5.64. The van der Waals surface area contributed by atoms with Crippen molar-refractivity contribution in [3.63, 3.8) is 0 Å². The van der Waals surface area contributed by atoms with Crippen molar-refractivity contribution >= 4 is 42.6 Å². The van der Waals surface area contributed by atoms with Crippen LogP contribution in [-0.4, -0.2) is 33.8 Å². The summed E-state index contributed by atoms with van der Waals surface area (Å²) >= 11 is 0. The zero-order valence-electron chi connectivity index (χ0n) is 18.9. The maximum Gasteiger partial charge on any atom is 0.248 e. The molecule has 190 valence electrons. The van der Waals surface area contributed by atoms with Gasteiger partial charge < -0.3 is 16.6 Å². The molecule has 0 heterocycles. The minimum atomic E-state index is -4.73. The number of sulfonamides is 2. The molecular weight excluding hydrogens is 520 g/mol. The molecule has 9 N–H and O–H groups in total. The van der Waals surface area contributed by atoms with Gasteiger partial charge in [0.2, 0.25) is 31.9 Å². The number of benzene rings is 4. The Morgan fingerprint density at radius 2 is 1.11 bits per heavy atom. The first-order valence-electron chi connectivity index (χ1n) is 10.4. The van der Waals surface area contributed by atoms with E-state index in [0.717, 1.165) is 6.07 Å². The summed E-state index contributed by atoms with van der Waals surface area (Å²) in [5.74, 6) is -1.99. The van der Waals surface area contributed by atoms with Crippen LogP contribution in [0.3, 0.4) is 0 Å². The number of phenolic OH excluding ortho intramolecular Hbond substituents is 1. The van der Waals surface area contributed by atoms with E-state index in [-0.39, 0.29) is 44.3 Å². The summed E-state index contributed by atoms with van der Waals surface area (Å²) in [4.78, 5) is 22.4. The molecule has 0 radical (unpaired) electrons. The van der Waals surface area contributed by atoms with Crippen molar-refractivity contribution in [3.05, 3.63) is 77.9 Å². The monoisotopic (exact) mass is 540 g/mol. The van der Waals surface area contributed by atoms with Crippen LogP contribution in [0.25, 0.3) is 33.0 Å². The first-order valence-corrected chi connectivity index (χ1v) is 13.5. The van der Waals surface area contributed by atoms with Gasteiger partial charge in [0, 0.05) is 27.6 Å². The Morgan fingerprint density at radius 3 is 1.57 bits per heavy atom. The van der Waals surface area contributed by atoms with Crippen LogP contribution in [0.15, 0.2) is 76.5 Å². The molecule has 0 aliphatic carbocycles. The van der Waals surface area contributed by atoms with Crippen LogP contribution in [0.4, 0.5) is 0 Å². The highest BCUT2D eigenvalue weighted by atomic mass is 32.2. The van der Waals surface area contributed by atoms with Gasteiger partial charge in [-0.3, -0.25) is 9.59 Å². The molecule has 11 nitrogen and oxygen atoms in total. The molecule has 0 fully saturated rings. The van der Waals surface area contributed by atoms with Gasteiger partial charge in [-0.15, -0.1) is 0 Å². The summed E-state index contributed by atoms with van der Waals surface area (Å²) in [6, 6.07) is 14.5. The number of rotatable bonds is 6. The first kappa shape index (κ1) is 25.8. The van der Waals surface area contributed by atoms with E-state index in [1.807, 2.05) is 0 Å². The predicted molar refractivity (Wildman–Crippen MR) is 136 cm³/mol. The van der Waals surface area contributed by atoms with E-state index in [2.05, 4.69) is 0 Å². The lowest BCUT2D eigenvalue weighted by Gasteiger charge is -2.21. The number of nitrogens with two attached hydrogens (primary N) is 4. The van der Waals surface area contributed by atoms with Gasteiger partial charge in [-0.2, -0.15) is 0 Å². The van der Waals surface area contributed by atoms with Crippen LogP contribution >= 0.6 is 0 Å². The summed E-state index contributed by atoms with van der Waals surface area (Å²) in [6.07, 6.45) is 0. The average Bonchev–Trinajstić information content (AvgIpc) is 2.81. The molecule has 4 aromatic carbocycles. The number of primary sulfonamides is 2. The number of primary amides is 2. The highest BCUT2D eigenvalue weighted by Gasteiger charge is 2.32. The van der Waals surface area contributed by atoms with Gasteiger partial charge in [-0.05, 0) is 59.0 Å². The van der Waals surface area contributed by atoms with E-state index in [9.17, 15) is 31.5 Å². The molecule has 0 atom stereocenters. The van der Waals surface area contributed by atoms with E-state index in [0.29, 0.717) is 0 Å². The van der Waals surface area contributed by atoms with Gasteiger partial charge in [0.05, 0.1) is 9.79 Å². The molecule has 0 unspecified atom stereocenters. The number of carbonyl (C=O) groups is 2. The minimum absolute atomic E-state index is 0.0394. The van der Waals surface area contributed by atoms with Crippen LogP contribution in [0, 0.1) is 0 Å². The topological polar surface area (TPSA) is 227 Å². The molecule has 4 rings (SSSR count). The van der Waals surface area contributed by atoms with Crippen LogP contribution in [0.1, 0.15) is 20.7 Å². The number of hydrogen-bond donors (Lipinski definition) is 5. The van der Waals surface area contributed by atoms with Gasteiger partial charge in [0.25, 0.3) is 0 Å². The minimum Gasteiger partial charge on any atom is -0.508 e. The standard InChI is InChI=1S/C24H20N4O7S2/c25-23(30)14-5-1-3-12(9-14)19-17-8-7-16(29)11-18(17)21(36(27,32)33)20(22(19)37(28,34)35)13-4-2-6-15(10-13)24(26)31/h1-11,29H,(H2,25,30)(H2,26,31)(H2,27,32,33)(H2,28,34,35). The Morgan fingerprint density at radius 1 is 0.622 bits per heavy atom. The van der Waals surface area contributed by atoms with E-state index < -0.39 is 47.2 Å². The smallest absolute Gasteiger partial charge is 0.248 e. The molecule has 0 bridgehead atoms. The molecule has 0 spiro atoms. The van der Waals surface area contributed by atoms with Crippen LogP contribution in [0.2, 0.25) is 0 Å². The Labute approximate surface area is 211 Å². The summed E-state index contributed by atoms with van der Waals surface area (Å²) in [5.41, 5.74) is 10.4. The lowest BCUT2D eigenvalue weighted by molar-refractivity contribution is 0.0992. The van der Waals surface area contributed by atoms with Crippen molar-refractivity contribution in [2.24, 2.45) is 21.7 Å². The van der Waals surface area contributed by atoms with Crippen molar-refractivity contribution < 1.29 is 31.5 Å². The molecule has 2 amide bonds. The maximum atomic E-state index is 13.2. The van der Waals surface area contributed by atoms with Crippen LogP contribution < -0.4 is 21.7 Å². The van der Waals surface area contributed by atoms with E-state index in [1.165, 1.54) is 60.7 Å². The number of fused-ring (bicyclic) bond motifs is 1. The summed E-state index contributed by atoms with van der Waals surface area (Å²) in [6.45, 7) is 0. The molecule has 13 heteroatoms. The van der Waals surface area contributed by atoms with Crippen LogP contribution in [-0.2, 0) is 20.0 Å². The van der Waals surface area contributed by atoms with Crippen molar-refractivity contribution in [1.82, 2.24) is 0 Å². The molecule has 0 saturated carbocycles. The quantitative estimate of drug-likeness (QED) is 0.241. The molecule has 0 aliphatic heterocycles. The molecule has 37 heavy (non-hydrogen) atoms. The largest absolute Gasteiger partial charge is 0.508 e. The third kappa shape index (κ3) is 4.75.